The van der Waals surface area contributed by atoms with Crippen molar-refractivity contribution < 1.29 is 9.59 Å². The fourth-order valence-electron chi connectivity index (χ4n) is 3.47. The molecule has 1 aliphatic heterocycles. The van der Waals surface area contributed by atoms with Gasteiger partial charge in [0.15, 0.2) is 0 Å². The SMILES string of the molecule is Cl.NC1CCC(C(=O)N2CCN(C(=O)c3cccc(Cl)c3Cl)CC2)C1. The average Bonchev–Trinajstić information content (AvgIpc) is 3.03. The molecular weight excluding hydrogens is 385 g/mol. The van der Waals surface area contributed by atoms with Gasteiger partial charge in [-0.3, -0.25) is 9.59 Å². The first-order valence-corrected chi connectivity index (χ1v) is 9.00. The van der Waals surface area contributed by atoms with E-state index in [0.717, 1.165) is 19.3 Å². The molecule has 1 saturated heterocycles. The first-order valence-electron chi connectivity index (χ1n) is 8.25. The van der Waals surface area contributed by atoms with E-state index in [0.29, 0.717) is 36.8 Å². The monoisotopic (exact) mass is 405 g/mol. The van der Waals surface area contributed by atoms with Crippen LogP contribution < -0.4 is 5.73 Å². The molecular formula is C17H22Cl3N3O2. The molecule has 138 valence electrons. The minimum Gasteiger partial charge on any atom is -0.339 e. The Morgan fingerprint density at radius 2 is 1.68 bits per heavy atom. The maximum absolute atomic E-state index is 12.6. The fraction of sp³-hybridized carbons (Fsp3) is 0.529. The lowest BCUT2D eigenvalue weighted by Crippen LogP contribution is -2.51. The van der Waals surface area contributed by atoms with Crippen LogP contribution in [0.4, 0.5) is 0 Å². The van der Waals surface area contributed by atoms with Crippen molar-refractivity contribution in [3.8, 4) is 0 Å². The van der Waals surface area contributed by atoms with Gasteiger partial charge in [-0.1, -0.05) is 29.3 Å². The highest BCUT2D eigenvalue weighted by Crippen LogP contribution is 2.28. The van der Waals surface area contributed by atoms with Crippen molar-refractivity contribution in [2.24, 2.45) is 11.7 Å². The van der Waals surface area contributed by atoms with Crippen molar-refractivity contribution in [2.45, 2.75) is 25.3 Å². The van der Waals surface area contributed by atoms with E-state index in [2.05, 4.69) is 0 Å². The summed E-state index contributed by atoms with van der Waals surface area (Å²) < 4.78 is 0. The molecule has 0 spiro atoms. The van der Waals surface area contributed by atoms with Gasteiger partial charge in [0, 0.05) is 38.1 Å². The van der Waals surface area contributed by atoms with Crippen molar-refractivity contribution in [3.63, 3.8) is 0 Å². The molecule has 1 aromatic rings. The van der Waals surface area contributed by atoms with Gasteiger partial charge in [0.1, 0.15) is 0 Å². The Kier molecular flexibility index (Phi) is 6.97. The molecule has 2 N–H and O–H groups in total. The van der Waals surface area contributed by atoms with Gasteiger partial charge in [0.05, 0.1) is 15.6 Å². The Morgan fingerprint density at radius 1 is 1.04 bits per heavy atom. The zero-order valence-corrected chi connectivity index (χ0v) is 16.1. The standard InChI is InChI=1S/C17H21Cl2N3O2.ClH/c18-14-3-1-2-13(15(14)19)17(24)22-8-6-21(7-9-22)16(23)11-4-5-12(20)10-11;/h1-3,11-12H,4-10,20H2;1H. The Balaban J connectivity index is 0.00000225. The van der Waals surface area contributed by atoms with Gasteiger partial charge in [-0.05, 0) is 31.4 Å². The van der Waals surface area contributed by atoms with Gasteiger partial charge in [0.2, 0.25) is 5.91 Å². The quantitative estimate of drug-likeness (QED) is 0.821. The van der Waals surface area contributed by atoms with Crippen LogP contribution in [0.1, 0.15) is 29.6 Å². The van der Waals surface area contributed by atoms with E-state index in [9.17, 15) is 9.59 Å². The summed E-state index contributed by atoms with van der Waals surface area (Å²) in [6, 6.07) is 5.19. The van der Waals surface area contributed by atoms with Gasteiger partial charge in [0.25, 0.3) is 5.91 Å². The summed E-state index contributed by atoms with van der Waals surface area (Å²) in [7, 11) is 0. The Hall–Kier alpha value is -1.01. The molecule has 25 heavy (non-hydrogen) atoms. The summed E-state index contributed by atoms with van der Waals surface area (Å²) in [5.74, 6) is 0.0814. The van der Waals surface area contributed by atoms with Crippen LogP contribution in [0.25, 0.3) is 0 Å². The molecule has 2 unspecified atom stereocenters. The number of benzene rings is 1. The minimum atomic E-state index is -0.141. The zero-order valence-electron chi connectivity index (χ0n) is 13.8. The summed E-state index contributed by atoms with van der Waals surface area (Å²) in [5, 5.41) is 0.650. The van der Waals surface area contributed by atoms with E-state index in [1.807, 2.05) is 4.90 Å². The first kappa shape index (κ1) is 20.3. The van der Waals surface area contributed by atoms with Crippen LogP contribution in [0.3, 0.4) is 0 Å². The number of carbonyl (C=O) groups excluding carboxylic acids is 2. The zero-order chi connectivity index (χ0) is 17.3. The Morgan fingerprint density at radius 3 is 2.28 bits per heavy atom. The smallest absolute Gasteiger partial charge is 0.255 e. The normalized spacial score (nSPS) is 23.3. The maximum Gasteiger partial charge on any atom is 0.255 e. The van der Waals surface area contributed by atoms with Crippen LogP contribution in [-0.2, 0) is 4.79 Å². The highest BCUT2D eigenvalue weighted by atomic mass is 35.5. The lowest BCUT2D eigenvalue weighted by molar-refractivity contribution is -0.136. The van der Waals surface area contributed by atoms with Gasteiger partial charge in [-0.2, -0.15) is 0 Å². The summed E-state index contributed by atoms with van der Waals surface area (Å²) in [6.07, 6.45) is 2.56. The third-order valence-corrected chi connectivity index (χ3v) is 5.70. The van der Waals surface area contributed by atoms with Crippen LogP contribution in [0.15, 0.2) is 18.2 Å². The van der Waals surface area contributed by atoms with Crippen molar-refractivity contribution in [1.82, 2.24) is 9.80 Å². The molecule has 2 atom stereocenters. The molecule has 2 fully saturated rings. The molecule has 2 aliphatic rings. The lowest BCUT2D eigenvalue weighted by atomic mass is 10.1. The van der Waals surface area contributed by atoms with E-state index in [1.165, 1.54) is 0 Å². The summed E-state index contributed by atoms with van der Waals surface area (Å²) >= 11 is 12.1. The third kappa shape index (κ3) is 4.40. The minimum absolute atomic E-state index is 0. The summed E-state index contributed by atoms with van der Waals surface area (Å²) in [4.78, 5) is 28.7. The predicted octanol–water partition coefficient (Wildman–Crippen LogP) is 2.83. The molecule has 1 aliphatic carbocycles. The van der Waals surface area contributed by atoms with Crippen molar-refractivity contribution in [1.29, 1.82) is 0 Å². The van der Waals surface area contributed by atoms with Crippen LogP contribution in [0.2, 0.25) is 10.0 Å². The predicted molar refractivity (Wildman–Crippen MR) is 102 cm³/mol. The highest BCUT2D eigenvalue weighted by molar-refractivity contribution is 6.43. The summed E-state index contributed by atoms with van der Waals surface area (Å²) in [5.41, 5.74) is 6.31. The largest absolute Gasteiger partial charge is 0.339 e. The van der Waals surface area contributed by atoms with E-state index in [-0.39, 0.29) is 41.2 Å². The van der Waals surface area contributed by atoms with Gasteiger partial charge >= 0.3 is 0 Å². The number of piperazine rings is 1. The number of hydrogen-bond acceptors (Lipinski definition) is 3. The van der Waals surface area contributed by atoms with Gasteiger partial charge in [-0.25, -0.2) is 0 Å². The van der Waals surface area contributed by atoms with Crippen molar-refractivity contribution in [2.75, 3.05) is 26.2 Å². The van der Waals surface area contributed by atoms with Crippen molar-refractivity contribution in [3.05, 3.63) is 33.8 Å². The number of amides is 2. The second kappa shape index (κ2) is 8.58. The highest BCUT2D eigenvalue weighted by Gasteiger charge is 2.33. The summed E-state index contributed by atoms with van der Waals surface area (Å²) in [6.45, 7) is 2.11. The number of carbonyl (C=O) groups is 2. The van der Waals surface area contributed by atoms with E-state index in [1.54, 1.807) is 23.1 Å². The molecule has 1 aromatic carbocycles. The molecule has 2 amide bonds. The first-order chi connectivity index (χ1) is 11.5. The third-order valence-electron chi connectivity index (χ3n) is 4.88. The number of rotatable bonds is 2. The van der Waals surface area contributed by atoms with Crippen LogP contribution in [0.5, 0.6) is 0 Å². The molecule has 3 rings (SSSR count). The topological polar surface area (TPSA) is 66.6 Å². The lowest BCUT2D eigenvalue weighted by Gasteiger charge is -2.36. The second-order valence-electron chi connectivity index (χ2n) is 6.49. The second-order valence-corrected chi connectivity index (χ2v) is 7.27. The van der Waals surface area contributed by atoms with Crippen molar-refractivity contribution >= 4 is 47.4 Å². The molecule has 0 radical (unpaired) electrons. The average molecular weight is 407 g/mol. The maximum atomic E-state index is 12.6. The fourth-order valence-corrected chi connectivity index (χ4v) is 3.85. The van der Waals surface area contributed by atoms with Crippen LogP contribution >= 0.6 is 35.6 Å². The Labute approximate surface area is 163 Å². The molecule has 1 saturated carbocycles. The van der Waals surface area contributed by atoms with E-state index < -0.39 is 0 Å². The molecule has 5 nitrogen and oxygen atoms in total. The molecule has 1 heterocycles. The number of halogens is 3. The van der Waals surface area contributed by atoms with E-state index >= 15 is 0 Å². The number of nitrogens with two attached hydrogens (primary N) is 1. The number of hydrogen-bond donors (Lipinski definition) is 1. The van der Waals surface area contributed by atoms with Crippen LogP contribution in [0, 0.1) is 5.92 Å². The molecule has 0 aromatic heterocycles. The Bertz CT molecular complexity index is 648. The van der Waals surface area contributed by atoms with Gasteiger partial charge < -0.3 is 15.5 Å². The van der Waals surface area contributed by atoms with Crippen LogP contribution in [-0.4, -0.2) is 53.8 Å². The molecule has 8 heteroatoms. The number of nitrogens with zero attached hydrogens (tertiary/aromatic N) is 2. The van der Waals surface area contributed by atoms with Gasteiger partial charge in [-0.15, -0.1) is 12.4 Å². The molecule has 0 bridgehead atoms. The van der Waals surface area contributed by atoms with E-state index in [4.69, 9.17) is 28.9 Å².